The number of nitrogens with zero attached hydrogens (tertiary/aromatic N) is 1. The van der Waals surface area contributed by atoms with Crippen molar-refractivity contribution in [1.82, 2.24) is 4.57 Å². The van der Waals surface area contributed by atoms with Gasteiger partial charge in [-0.15, -0.1) is 0 Å². The Hall–Kier alpha value is -2.94. The summed E-state index contributed by atoms with van der Waals surface area (Å²) in [7, 11) is 0. The lowest BCUT2D eigenvalue weighted by Crippen LogP contribution is -2.01. The number of aldehydes is 1. The largest absolute Gasteiger partial charge is 0.323 e. The van der Waals surface area contributed by atoms with Gasteiger partial charge >= 0.3 is 0 Å². The molecule has 3 rings (SSSR count). The minimum absolute atomic E-state index is 0.00300. The number of hydrogen-bond donors (Lipinski definition) is 0. The monoisotopic (exact) mass is 275 g/mol. The zero-order valence-electron chi connectivity index (χ0n) is 11.3. The molecule has 0 saturated carbocycles. The van der Waals surface area contributed by atoms with Crippen LogP contribution in [0.5, 0.6) is 0 Å². The van der Waals surface area contributed by atoms with Crippen LogP contribution in [0.25, 0.3) is 5.69 Å². The van der Waals surface area contributed by atoms with E-state index in [0.29, 0.717) is 16.7 Å². The molecule has 0 saturated heterocycles. The van der Waals surface area contributed by atoms with Gasteiger partial charge in [-0.25, -0.2) is 0 Å². The molecule has 0 spiro atoms. The van der Waals surface area contributed by atoms with E-state index in [4.69, 9.17) is 0 Å². The first kappa shape index (κ1) is 13.1. The molecule has 21 heavy (non-hydrogen) atoms. The topological polar surface area (TPSA) is 39.1 Å². The standard InChI is InChI=1S/C18H13NO2/c20-13-14-10-11-19(12-14)17-8-6-16(7-9-17)18(21)15-4-2-1-3-5-15/h1-13H. The molecule has 0 N–H and O–H groups in total. The second kappa shape index (κ2) is 5.59. The Morgan fingerprint density at radius 3 is 2.14 bits per heavy atom. The van der Waals surface area contributed by atoms with Crippen LogP contribution in [0.2, 0.25) is 0 Å². The third-order valence-corrected chi connectivity index (χ3v) is 3.32. The Labute approximate surface area is 122 Å². The average molecular weight is 275 g/mol. The van der Waals surface area contributed by atoms with Gasteiger partial charge in [0.15, 0.2) is 12.1 Å². The van der Waals surface area contributed by atoms with Gasteiger partial charge in [0.05, 0.1) is 0 Å². The Kier molecular flexibility index (Phi) is 3.48. The molecule has 0 aliphatic carbocycles. The summed E-state index contributed by atoms with van der Waals surface area (Å²) < 4.78 is 1.85. The van der Waals surface area contributed by atoms with Crippen molar-refractivity contribution in [2.75, 3.05) is 0 Å². The van der Waals surface area contributed by atoms with E-state index in [1.165, 1.54) is 0 Å². The first-order chi connectivity index (χ1) is 10.3. The third-order valence-electron chi connectivity index (χ3n) is 3.32. The Bertz CT molecular complexity index is 770. The summed E-state index contributed by atoms with van der Waals surface area (Å²) in [6.45, 7) is 0. The highest BCUT2D eigenvalue weighted by molar-refractivity contribution is 6.09. The van der Waals surface area contributed by atoms with Crippen molar-refractivity contribution >= 4 is 12.1 Å². The number of aromatic nitrogens is 1. The fourth-order valence-electron chi connectivity index (χ4n) is 2.18. The molecule has 3 nitrogen and oxygen atoms in total. The molecule has 3 aromatic rings. The lowest BCUT2D eigenvalue weighted by molar-refractivity contribution is 0.103. The van der Waals surface area contributed by atoms with Gasteiger partial charge in [-0.2, -0.15) is 0 Å². The van der Waals surface area contributed by atoms with E-state index in [2.05, 4.69) is 0 Å². The Morgan fingerprint density at radius 2 is 1.52 bits per heavy atom. The molecule has 0 atom stereocenters. The summed E-state index contributed by atoms with van der Waals surface area (Å²) in [6.07, 6.45) is 4.38. The predicted molar refractivity (Wildman–Crippen MR) is 81.0 cm³/mol. The second-order valence-corrected chi connectivity index (χ2v) is 4.71. The summed E-state index contributed by atoms with van der Waals surface area (Å²) in [5, 5.41) is 0. The molecule has 0 radical (unpaired) electrons. The van der Waals surface area contributed by atoms with Gasteiger partial charge in [0, 0.05) is 34.8 Å². The molecule has 1 heterocycles. The third kappa shape index (κ3) is 2.67. The molecule has 0 fully saturated rings. The highest BCUT2D eigenvalue weighted by Crippen LogP contribution is 2.14. The maximum absolute atomic E-state index is 12.3. The van der Waals surface area contributed by atoms with Crippen LogP contribution in [-0.4, -0.2) is 16.6 Å². The molecule has 0 aliphatic heterocycles. The van der Waals surface area contributed by atoms with Crippen LogP contribution in [-0.2, 0) is 0 Å². The summed E-state index contributed by atoms with van der Waals surface area (Å²) in [5.74, 6) is 0.00300. The fourth-order valence-corrected chi connectivity index (χ4v) is 2.18. The normalized spacial score (nSPS) is 10.3. The maximum Gasteiger partial charge on any atom is 0.193 e. The zero-order valence-corrected chi connectivity index (χ0v) is 11.3. The van der Waals surface area contributed by atoms with Crippen molar-refractivity contribution in [3.8, 4) is 5.69 Å². The number of carbonyl (C=O) groups is 2. The second-order valence-electron chi connectivity index (χ2n) is 4.71. The van der Waals surface area contributed by atoms with Gasteiger partial charge in [0.1, 0.15) is 0 Å². The van der Waals surface area contributed by atoms with Crippen molar-refractivity contribution in [1.29, 1.82) is 0 Å². The SMILES string of the molecule is O=Cc1ccn(-c2ccc(C(=O)c3ccccc3)cc2)c1. The van der Waals surface area contributed by atoms with Crippen molar-refractivity contribution < 1.29 is 9.59 Å². The molecule has 0 bridgehead atoms. The summed E-state index contributed by atoms with van der Waals surface area (Å²) in [6, 6.07) is 18.3. The molecular weight excluding hydrogens is 262 g/mol. The number of ketones is 1. The van der Waals surface area contributed by atoms with Gasteiger partial charge in [0.25, 0.3) is 0 Å². The lowest BCUT2D eigenvalue weighted by atomic mass is 10.0. The van der Waals surface area contributed by atoms with Crippen molar-refractivity contribution in [3.05, 3.63) is 89.7 Å². The van der Waals surface area contributed by atoms with E-state index >= 15 is 0 Å². The van der Waals surface area contributed by atoms with Crippen molar-refractivity contribution in [2.24, 2.45) is 0 Å². The van der Waals surface area contributed by atoms with Crippen LogP contribution in [0.1, 0.15) is 26.3 Å². The summed E-state index contributed by atoms with van der Waals surface area (Å²) in [4.78, 5) is 23.0. The molecule has 0 unspecified atom stereocenters. The van der Waals surface area contributed by atoms with E-state index in [0.717, 1.165) is 12.0 Å². The molecule has 0 aliphatic rings. The molecule has 1 aromatic heterocycles. The first-order valence-electron chi connectivity index (χ1n) is 6.61. The number of rotatable bonds is 4. The van der Waals surface area contributed by atoms with Crippen LogP contribution >= 0.6 is 0 Å². The average Bonchev–Trinajstić information content (AvgIpc) is 3.04. The van der Waals surface area contributed by atoms with E-state index < -0.39 is 0 Å². The predicted octanol–water partition coefficient (Wildman–Crippen LogP) is 3.52. The highest BCUT2D eigenvalue weighted by Gasteiger charge is 2.08. The minimum Gasteiger partial charge on any atom is -0.323 e. The molecule has 3 heteroatoms. The molecule has 2 aromatic carbocycles. The Balaban J connectivity index is 1.87. The quantitative estimate of drug-likeness (QED) is 0.540. The molecule has 0 amide bonds. The van der Waals surface area contributed by atoms with Crippen LogP contribution in [0.15, 0.2) is 73.1 Å². The van der Waals surface area contributed by atoms with Crippen molar-refractivity contribution in [3.63, 3.8) is 0 Å². The number of carbonyl (C=O) groups excluding carboxylic acids is 2. The molecular formula is C18H13NO2. The van der Waals surface area contributed by atoms with Gasteiger partial charge in [0.2, 0.25) is 0 Å². The van der Waals surface area contributed by atoms with Gasteiger partial charge in [-0.05, 0) is 30.3 Å². The lowest BCUT2D eigenvalue weighted by Gasteiger charge is -2.05. The number of hydrogen-bond acceptors (Lipinski definition) is 2. The first-order valence-corrected chi connectivity index (χ1v) is 6.61. The number of benzene rings is 2. The fraction of sp³-hybridized carbons (Fsp3) is 0. The summed E-state index contributed by atoms with van der Waals surface area (Å²) >= 11 is 0. The van der Waals surface area contributed by atoms with E-state index in [1.54, 1.807) is 36.5 Å². The maximum atomic E-state index is 12.3. The van der Waals surface area contributed by atoms with Gasteiger partial charge < -0.3 is 4.57 Å². The van der Waals surface area contributed by atoms with Crippen LogP contribution in [0.3, 0.4) is 0 Å². The van der Waals surface area contributed by atoms with Crippen LogP contribution < -0.4 is 0 Å². The minimum atomic E-state index is 0.00300. The van der Waals surface area contributed by atoms with Gasteiger partial charge in [-0.3, -0.25) is 9.59 Å². The van der Waals surface area contributed by atoms with E-state index in [1.807, 2.05) is 41.1 Å². The van der Waals surface area contributed by atoms with E-state index in [-0.39, 0.29) is 5.78 Å². The zero-order chi connectivity index (χ0) is 14.7. The molecule has 102 valence electrons. The highest BCUT2D eigenvalue weighted by atomic mass is 16.1. The van der Waals surface area contributed by atoms with Gasteiger partial charge in [-0.1, -0.05) is 30.3 Å². The summed E-state index contributed by atoms with van der Waals surface area (Å²) in [5.41, 5.74) is 2.86. The van der Waals surface area contributed by atoms with E-state index in [9.17, 15) is 9.59 Å². The van der Waals surface area contributed by atoms with Crippen molar-refractivity contribution in [2.45, 2.75) is 0 Å². The van der Waals surface area contributed by atoms with Crippen LogP contribution in [0, 0.1) is 0 Å². The Morgan fingerprint density at radius 1 is 0.857 bits per heavy atom. The van der Waals surface area contributed by atoms with Crippen LogP contribution in [0.4, 0.5) is 0 Å². The smallest absolute Gasteiger partial charge is 0.193 e.